The number of aryl methyl sites for hydroxylation is 1. The molecule has 0 aliphatic carbocycles. The molecule has 0 radical (unpaired) electrons. The van der Waals surface area contributed by atoms with Crippen LogP contribution in [0.15, 0.2) is 12.4 Å². The Balaban J connectivity index is 0. The van der Waals surface area contributed by atoms with Crippen LogP contribution in [0.1, 0.15) is 41.0 Å². The first-order valence-corrected chi connectivity index (χ1v) is 5.38. The Morgan fingerprint density at radius 2 is 1.85 bits per heavy atom. The second-order valence-electron chi connectivity index (χ2n) is 1.92. The molecule has 0 saturated carbocycles. The summed E-state index contributed by atoms with van der Waals surface area (Å²) >= 11 is 5.61. The standard InChI is InChI=1S/C6H9ClN2.2C2H6/c1-2-3-9-5-6(7)4-8-9;2*1-2/h4-5H,2-3H2,1H3;2*1-2H3. The molecule has 1 aromatic heterocycles. The van der Waals surface area contributed by atoms with Crippen LogP contribution in [0, 0.1) is 0 Å². The molecule has 13 heavy (non-hydrogen) atoms. The molecule has 1 aromatic rings. The summed E-state index contributed by atoms with van der Waals surface area (Å²) in [5.41, 5.74) is 0. The average Bonchev–Trinajstić information content (AvgIpc) is 2.59. The van der Waals surface area contributed by atoms with Crippen LogP contribution in [-0.4, -0.2) is 9.78 Å². The molecule has 0 amide bonds. The predicted octanol–water partition coefficient (Wildman–Crippen LogP) is 4.00. The third-order valence-corrected chi connectivity index (χ3v) is 1.25. The van der Waals surface area contributed by atoms with Crippen LogP contribution >= 0.6 is 11.6 Å². The van der Waals surface area contributed by atoms with Crippen molar-refractivity contribution in [2.24, 2.45) is 0 Å². The van der Waals surface area contributed by atoms with Gasteiger partial charge in [0.05, 0.1) is 11.2 Å². The summed E-state index contributed by atoms with van der Waals surface area (Å²) in [5, 5.41) is 4.70. The van der Waals surface area contributed by atoms with Gasteiger partial charge in [-0.25, -0.2) is 0 Å². The Morgan fingerprint density at radius 1 is 1.31 bits per heavy atom. The maximum Gasteiger partial charge on any atom is 0.0785 e. The Kier molecular flexibility index (Phi) is 13.3. The zero-order valence-electron chi connectivity index (χ0n) is 9.34. The molecule has 0 aromatic carbocycles. The van der Waals surface area contributed by atoms with Crippen molar-refractivity contribution in [1.29, 1.82) is 0 Å². The lowest BCUT2D eigenvalue weighted by Gasteiger charge is -1.93. The van der Waals surface area contributed by atoms with Crippen molar-refractivity contribution in [2.75, 3.05) is 0 Å². The first-order valence-electron chi connectivity index (χ1n) is 5.01. The van der Waals surface area contributed by atoms with Crippen molar-refractivity contribution in [1.82, 2.24) is 9.78 Å². The van der Waals surface area contributed by atoms with E-state index in [1.165, 1.54) is 0 Å². The first kappa shape index (κ1) is 15.0. The monoisotopic (exact) mass is 204 g/mol. The number of hydrogen-bond donors (Lipinski definition) is 0. The quantitative estimate of drug-likeness (QED) is 0.712. The van der Waals surface area contributed by atoms with Crippen molar-refractivity contribution in [3.63, 3.8) is 0 Å². The SMILES string of the molecule is CC.CC.CCCn1cc(Cl)cn1. The largest absolute Gasteiger partial charge is 0.271 e. The van der Waals surface area contributed by atoms with Gasteiger partial charge in [0, 0.05) is 12.7 Å². The third kappa shape index (κ3) is 7.85. The van der Waals surface area contributed by atoms with Crippen LogP contribution in [0.5, 0.6) is 0 Å². The summed E-state index contributed by atoms with van der Waals surface area (Å²) in [6.07, 6.45) is 4.57. The lowest BCUT2D eigenvalue weighted by Crippen LogP contribution is -1.95. The van der Waals surface area contributed by atoms with Crippen LogP contribution in [0.2, 0.25) is 5.02 Å². The van der Waals surface area contributed by atoms with Crippen molar-refractivity contribution in [3.05, 3.63) is 17.4 Å². The zero-order chi connectivity index (χ0) is 10.7. The molecule has 0 unspecified atom stereocenters. The fraction of sp³-hybridized carbons (Fsp3) is 0.700. The van der Waals surface area contributed by atoms with E-state index in [-0.39, 0.29) is 0 Å². The van der Waals surface area contributed by atoms with E-state index in [0.29, 0.717) is 5.02 Å². The molecule has 0 saturated heterocycles. The van der Waals surface area contributed by atoms with Gasteiger partial charge in [-0.1, -0.05) is 46.2 Å². The molecule has 0 spiro atoms. The van der Waals surface area contributed by atoms with E-state index in [2.05, 4.69) is 12.0 Å². The summed E-state index contributed by atoms with van der Waals surface area (Å²) in [5.74, 6) is 0. The topological polar surface area (TPSA) is 17.8 Å². The van der Waals surface area contributed by atoms with Gasteiger partial charge in [0.25, 0.3) is 0 Å². The second-order valence-corrected chi connectivity index (χ2v) is 2.36. The highest BCUT2D eigenvalue weighted by Crippen LogP contribution is 2.04. The van der Waals surface area contributed by atoms with Gasteiger partial charge in [0.15, 0.2) is 0 Å². The van der Waals surface area contributed by atoms with Crippen molar-refractivity contribution < 1.29 is 0 Å². The normalized spacial score (nSPS) is 7.85. The maximum absolute atomic E-state index is 5.61. The minimum absolute atomic E-state index is 0.712. The zero-order valence-corrected chi connectivity index (χ0v) is 10.1. The summed E-state index contributed by atoms with van der Waals surface area (Å²) in [4.78, 5) is 0. The molecule has 0 fully saturated rings. The smallest absolute Gasteiger partial charge is 0.0785 e. The highest BCUT2D eigenvalue weighted by atomic mass is 35.5. The summed E-state index contributed by atoms with van der Waals surface area (Å²) in [6.45, 7) is 11.1. The van der Waals surface area contributed by atoms with Gasteiger partial charge in [-0.2, -0.15) is 5.10 Å². The molecule has 0 atom stereocenters. The Hall–Kier alpha value is -0.500. The molecular formula is C10H21ClN2. The predicted molar refractivity (Wildman–Crippen MR) is 60.2 cm³/mol. The van der Waals surface area contributed by atoms with E-state index < -0.39 is 0 Å². The van der Waals surface area contributed by atoms with Crippen LogP contribution in [0.3, 0.4) is 0 Å². The van der Waals surface area contributed by atoms with E-state index in [9.17, 15) is 0 Å². The van der Waals surface area contributed by atoms with E-state index in [1.807, 2.05) is 38.6 Å². The lowest BCUT2D eigenvalue weighted by atomic mass is 10.5. The first-order chi connectivity index (χ1) is 6.33. The van der Waals surface area contributed by atoms with Crippen LogP contribution in [0.4, 0.5) is 0 Å². The number of hydrogen-bond acceptors (Lipinski definition) is 1. The Morgan fingerprint density at radius 3 is 2.15 bits per heavy atom. The van der Waals surface area contributed by atoms with E-state index >= 15 is 0 Å². The molecular weight excluding hydrogens is 184 g/mol. The van der Waals surface area contributed by atoms with Gasteiger partial charge in [0.1, 0.15) is 0 Å². The van der Waals surface area contributed by atoms with Gasteiger partial charge in [0.2, 0.25) is 0 Å². The van der Waals surface area contributed by atoms with Gasteiger partial charge < -0.3 is 0 Å². The van der Waals surface area contributed by atoms with E-state index in [4.69, 9.17) is 11.6 Å². The second kappa shape index (κ2) is 11.5. The number of nitrogens with zero attached hydrogens (tertiary/aromatic N) is 2. The van der Waals surface area contributed by atoms with E-state index in [1.54, 1.807) is 6.20 Å². The Labute approximate surface area is 86.9 Å². The van der Waals surface area contributed by atoms with Gasteiger partial charge >= 0.3 is 0 Å². The number of rotatable bonds is 2. The Bertz CT molecular complexity index is 185. The number of aromatic nitrogens is 2. The summed E-state index contributed by atoms with van der Waals surface area (Å²) in [6, 6.07) is 0. The molecule has 3 heteroatoms. The van der Waals surface area contributed by atoms with Crippen LogP contribution in [0.25, 0.3) is 0 Å². The lowest BCUT2D eigenvalue weighted by molar-refractivity contribution is 0.603. The molecule has 78 valence electrons. The molecule has 1 rings (SSSR count). The van der Waals surface area contributed by atoms with Crippen LogP contribution in [-0.2, 0) is 6.54 Å². The van der Waals surface area contributed by atoms with Crippen molar-refractivity contribution in [3.8, 4) is 0 Å². The molecule has 0 aliphatic heterocycles. The van der Waals surface area contributed by atoms with Gasteiger partial charge in [-0.15, -0.1) is 0 Å². The number of halogens is 1. The minimum Gasteiger partial charge on any atom is -0.271 e. The summed E-state index contributed by atoms with van der Waals surface area (Å²) in [7, 11) is 0. The van der Waals surface area contributed by atoms with Crippen molar-refractivity contribution in [2.45, 2.75) is 47.6 Å². The molecule has 2 nitrogen and oxygen atoms in total. The molecule has 0 aliphatic rings. The van der Waals surface area contributed by atoms with Gasteiger partial charge in [-0.05, 0) is 6.42 Å². The molecule has 0 bridgehead atoms. The van der Waals surface area contributed by atoms with Crippen LogP contribution < -0.4 is 0 Å². The summed E-state index contributed by atoms with van der Waals surface area (Å²) < 4.78 is 1.84. The average molecular weight is 205 g/mol. The third-order valence-electron chi connectivity index (χ3n) is 1.05. The highest BCUT2D eigenvalue weighted by molar-refractivity contribution is 6.30. The highest BCUT2D eigenvalue weighted by Gasteiger charge is 1.90. The minimum atomic E-state index is 0.712. The molecule has 0 N–H and O–H groups in total. The van der Waals surface area contributed by atoms with Crippen molar-refractivity contribution >= 4 is 11.6 Å². The maximum atomic E-state index is 5.61. The fourth-order valence-corrected chi connectivity index (χ4v) is 0.846. The molecule has 1 heterocycles. The van der Waals surface area contributed by atoms with E-state index in [0.717, 1.165) is 13.0 Å². The fourth-order valence-electron chi connectivity index (χ4n) is 0.690. The van der Waals surface area contributed by atoms with Gasteiger partial charge in [-0.3, -0.25) is 4.68 Å².